The van der Waals surface area contributed by atoms with Crippen LogP contribution in [0.2, 0.25) is 0 Å². The quantitative estimate of drug-likeness (QED) is 0.574. The summed E-state index contributed by atoms with van der Waals surface area (Å²) in [5.74, 6) is 0.483. The standard InChI is InChI=1S/C28H38N2O3/c1-6-25(28(32)29-24-12-7-8-13-24)30(17-23-11-9-10-19(2)15-23)27(31)18-33-26-16-20(3)14-21(4)22(26)5/h9-11,14-16,24-25H,6-8,12-13,17-18H2,1-5H3,(H,29,32). The minimum atomic E-state index is -0.525. The van der Waals surface area contributed by atoms with E-state index in [0.717, 1.165) is 59.3 Å². The molecule has 1 N–H and O–H groups in total. The second-order valence-electron chi connectivity index (χ2n) is 9.42. The van der Waals surface area contributed by atoms with Gasteiger partial charge >= 0.3 is 0 Å². The van der Waals surface area contributed by atoms with Crippen LogP contribution in [0.15, 0.2) is 36.4 Å². The van der Waals surface area contributed by atoms with Crippen LogP contribution in [-0.2, 0) is 16.1 Å². The van der Waals surface area contributed by atoms with E-state index in [1.54, 1.807) is 4.90 Å². The van der Waals surface area contributed by atoms with Crippen LogP contribution in [0.3, 0.4) is 0 Å². The van der Waals surface area contributed by atoms with Gasteiger partial charge in [-0.15, -0.1) is 0 Å². The average Bonchev–Trinajstić information content (AvgIpc) is 3.28. The van der Waals surface area contributed by atoms with Crippen LogP contribution in [0.4, 0.5) is 0 Å². The molecular formula is C28H38N2O3. The average molecular weight is 451 g/mol. The fourth-order valence-corrected chi connectivity index (χ4v) is 4.67. The van der Waals surface area contributed by atoms with Crippen LogP contribution in [0.5, 0.6) is 5.75 Å². The van der Waals surface area contributed by atoms with E-state index in [4.69, 9.17) is 4.74 Å². The molecule has 0 saturated heterocycles. The number of nitrogens with zero attached hydrogens (tertiary/aromatic N) is 1. The van der Waals surface area contributed by atoms with Gasteiger partial charge in [-0.25, -0.2) is 0 Å². The number of rotatable bonds is 9. The molecule has 0 aromatic heterocycles. The smallest absolute Gasteiger partial charge is 0.261 e. The van der Waals surface area contributed by atoms with E-state index < -0.39 is 6.04 Å². The molecule has 0 spiro atoms. The van der Waals surface area contributed by atoms with Crippen molar-refractivity contribution in [2.24, 2.45) is 0 Å². The summed E-state index contributed by atoms with van der Waals surface area (Å²) in [6, 6.07) is 11.9. The molecule has 1 aliphatic carbocycles. The van der Waals surface area contributed by atoms with E-state index in [1.165, 1.54) is 0 Å². The van der Waals surface area contributed by atoms with Gasteiger partial charge in [0.05, 0.1) is 0 Å². The fourth-order valence-electron chi connectivity index (χ4n) is 4.67. The summed E-state index contributed by atoms with van der Waals surface area (Å²) in [6.07, 6.45) is 4.89. The molecule has 1 fully saturated rings. The van der Waals surface area contributed by atoms with Crippen LogP contribution in [0.1, 0.15) is 66.8 Å². The first-order chi connectivity index (χ1) is 15.8. The number of hydrogen-bond donors (Lipinski definition) is 1. The molecule has 5 heteroatoms. The van der Waals surface area contributed by atoms with Crippen molar-refractivity contribution in [3.8, 4) is 5.75 Å². The molecular weight excluding hydrogens is 412 g/mol. The maximum absolute atomic E-state index is 13.4. The van der Waals surface area contributed by atoms with Crippen molar-refractivity contribution in [2.45, 2.75) is 85.4 Å². The molecule has 0 radical (unpaired) electrons. The van der Waals surface area contributed by atoms with E-state index >= 15 is 0 Å². The summed E-state index contributed by atoms with van der Waals surface area (Å²) in [5, 5.41) is 3.19. The van der Waals surface area contributed by atoms with Crippen molar-refractivity contribution in [3.63, 3.8) is 0 Å². The largest absolute Gasteiger partial charge is 0.483 e. The Bertz CT molecular complexity index is 979. The van der Waals surface area contributed by atoms with Gasteiger partial charge in [0.15, 0.2) is 6.61 Å². The normalized spacial score (nSPS) is 14.7. The summed E-state index contributed by atoms with van der Waals surface area (Å²) in [5.41, 5.74) is 5.41. The molecule has 0 aliphatic heterocycles. The molecule has 0 heterocycles. The highest BCUT2D eigenvalue weighted by molar-refractivity contribution is 5.88. The number of nitrogens with one attached hydrogen (secondary N) is 1. The molecule has 3 rings (SSSR count). The fraction of sp³-hybridized carbons (Fsp3) is 0.500. The first kappa shape index (κ1) is 24.8. The minimum Gasteiger partial charge on any atom is -0.483 e. The first-order valence-electron chi connectivity index (χ1n) is 12.1. The Morgan fingerprint density at radius 2 is 1.79 bits per heavy atom. The van der Waals surface area contributed by atoms with E-state index in [1.807, 2.05) is 58.9 Å². The molecule has 2 amide bonds. The number of aryl methyl sites for hydroxylation is 3. The summed E-state index contributed by atoms with van der Waals surface area (Å²) < 4.78 is 5.99. The van der Waals surface area contributed by atoms with Crippen LogP contribution in [-0.4, -0.2) is 35.4 Å². The second-order valence-corrected chi connectivity index (χ2v) is 9.42. The lowest BCUT2D eigenvalue weighted by Crippen LogP contribution is -2.52. The van der Waals surface area contributed by atoms with E-state index in [-0.39, 0.29) is 24.5 Å². The van der Waals surface area contributed by atoms with Crippen LogP contribution >= 0.6 is 0 Å². The Morgan fingerprint density at radius 1 is 1.06 bits per heavy atom. The van der Waals surface area contributed by atoms with Crippen molar-refractivity contribution < 1.29 is 14.3 Å². The van der Waals surface area contributed by atoms with Gasteiger partial charge in [-0.05, 0) is 75.3 Å². The number of benzene rings is 2. The first-order valence-corrected chi connectivity index (χ1v) is 12.1. The third-order valence-electron chi connectivity index (χ3n) is 6.64. The van der Waals surface area contributed by atoms with E-state index in [0.29, 0.717) is 13.0 Å². The van der Waals surface area contributed by atoms with Crippen molar-refractivity contribution in [2.75, 3.05) is 6.61 Å². The Balaban J connectivity index is 1.80. The predicted molar refractivity (Wildman–Crippen MR) is 132 cm³/mol. The van der Waals surface area contributed by atoms with Gasteiger partial charge in [0, 0.05) is 12.6 Å². The second kappa shape index (κ2) is 11.4. The lowest BCUT2D eigenvalue weighted by Gasteiger charge is -2.31. The van der Waals surface area contributed by atoms with Crippen LogP contribution in [0, 0.1) is 27.7 Å². The SMILES string of the molecule is CCC(C(=O)NC1CCCC1)N(Cc1cccc(C)c1)C(=O)COc1cc(C)cc(C)c1C. The zero-order valence-corrected chi connectivity index (χ0v) is 20.7. The highest BCUT2D eigenvalue weighted by Crippen LogP contribution is 2.24. The highest BCUT2D eigenvalue weighted by atomic mass is 16.5. The lowest BCUT2D eigenvalue weighted by molar-refractivity contribution is -0.143. The van der Waals surface area contributed by atoms with Gasteiger partial charge in [-0.2, -0.15) is 0 Å². The summed E-state index contributed by atoms with van der Waals surface area (Å²) >= 11 is 0. The Morgan fingerprint density at radius 3 is 2.45 bits per heavy atom. The summed E-state index contributed by atoms with van der Waals surface area (Å²) in [4.78, 5) is 28.3. The molecule has 1 unspecified atom stereocenters. The molecule has 2 aromatic carbocycles. The monoisotopic (exact) mass is 450 g/mol. The van der Waals surface area contributed by atoms with Crippen molar-refractivity contribution in [1.82, 2.24) is 10.2 Å². The maximum Gasteiger partial charge on any atom is 0.261 e. The highest BCUT2D eigenvalue weighted by Gasteiger charge is 2.31. The zero-order valence-electron chi connectivity index (χ0n) is 20.7. The molecule has 178 valence electrons. The van der Waals surface area contributed by atoms with Gasteiger partial charge in [0.25, 0.3) is 5.91 Å². The minimum absolute atomic E-state index is 0.0621. The maximum atomic E-state index is 13.4. The number of carbonyl (C=O) groups is 2. The van der Waals surface area contributed by atoms with Gasteiger partial charge in [0.2, 0.25) is 5.91 Å². The molecule has 2 aromatic rings. The predicted octanol–water partition coefficient (Wildman–Crippen LogP) is 5.17. The van der Waals surface area contributed by atoms with Gasteiger partial charge in [-0.3, -0.25) is 9.59 Å². The Labute approximate surface area is 198 Å². The number of amides is 2. The number of carbonyl (C=O) groups excluding carboxylic acids is 2. The third kappa shape index (κ3) is 6.59. The van der Waals surface area contributed by atoms with E-state index in [9.17, 15) is 9.59 Å². The van der Waals surface area contributed by atoms with E-state index in [2.05, 4.69) is 17.4 Å². The van der Waals surface area contributed by atoms with Crippen LogP contribution < -0.4 is 10.1 Å². The van der Waals surface area contributed by atoms with Gasteiger partial charge < -0.3 is 15.0 Å². The van der Waals surface area contributed by atoms with Gasteiger partial charge in [0.1, 0.15) is 11.8 Å². The van der Waals surface area contributed by atoms with Gasteiger partial charge in [-0.1, -0.05) is 55.7 Å². The lowest BCUT2D eigenvalue weighted by atomic mass is 10.1. The third-order valence-corrected chi connectivity index (χ3v) is 6.64. The summed E-state index contributed by atoms with van der Waals surface area (Å²) in [7, 11) is 0. The summed E-state index contributed by atoms with van der Waals surface area (Å²) in [6.45, 7) is 10.3. The topological polar surface area (TPSA) is 58.6 Å². The Hall–Kier alpha value is -2.82. The number of hydrogen-bond acceptors (Lipinski definition) is 3. The molecule has 1 atom stereocenters. The molecule has 1 saturated carbocycles. The number of ether oxygens (including phenoxy) is 1. The van der Waals surface area contributed by atoms with Crippen LogP contribution in [0.25, 0.3) is 0 Å². The zero-order chi connectivity index (χ0) is 24.0. The molecule has 5 nitrogen and oxygen atoms in total. The van der Waals surface area contributed by atoms with Crippen molar-refractivity contribution in [3.05, 3.63) is 64.2 Å². The molecule has 0 bridgehead atoms. The molecule has 1 aliphatic rings. The van der Waals surface area contributed by atoms with Crippen molar-refractivity contribution >= 4 is 11.8 Å². The molecule has 33 heavy (non-hydrogen) atoms. The van der Waals surface area contributed by atoms with Crippen molar-refractivity contribution in [1.29, 1.82) is 0 Å². The Kier molecular flexibility index (Phi) is 8.54.